The number of fused-ring (bicyclic) bond motifs is 1. The number of nitrogens with one attached hydrogen (secondary N) is 1. The van der Waals surface area contributed by atoms with Crippen molar-refractivity contribution in [2.45, 2.75) is 19.0 Å². The van der Waals surface area contributed by atoms with Gasteiger partial charge in [-0.25, -0.2) is 4.98 Å². The van der Waals surface area contributed by atoms with E-state index in [9.17, 15) is 4.79 Å². The minimum atomic E-state index is 0.0145. The maximum atomic E-state index is 11.9. The largest absolute Gasteiger partial charge is 0.316 e. The highest BCUT2D eigenvalue weighted by Gasteiger charge is 2.21. The average molecular weight is 264 g/mol. The predicted molar refractivity (Wildman–Crippen MR) is 72.1 cm³/mol. The number of nitrogens with zero attached hydrogens (tertiary/aromatic N) is 3. The number of likely N-dealkylation sites (N-methyl/N-ethyl adjacent to an activating group) is 1. The van der Waals surface area contributed by atoms with Crippen molar-refractivity contribution in [3.8, 4) is 0 Å². The first-order valence-corrected chi connectivity index (χ1v) is 6.99. The minimum absolute atomic E-state index is 0.0145. The predicted octanol–water partition coefficient (Wildman–Crippen LogP) is 0.550. The van der Waals surface area contributed by atoms with E-state index in [1.54, 1.807) is 16.7 Å². The highest BCUT2D eigenvalue weighted by molar-refractivity contribution is 7.15. The van der Waals surface area contributed by atoms with Gasteiger partial charge in [0, 0.05) is 43.3 Å². The lowest BCUT2D eigenvalue weighted by Crippen LogP contribution is -2.29. The molecule has 2 aromatic heterocycles. The number of rotatable bonds is 3. The summed E-state index contributed by atoms with van der Waals surface area (Å²) in [4.78, 5) is 19.5. The first-order chi connectivity index (χ1) is 8.76. The molecule has 3 heterocycles. The second-order valence-electron chi connectivity index (χ2n) is 4.65. The normalized spacial score (nSPS) is 20.8. The van der Waals surface area contributed by atoms with Crippen LogP contribution in [-0.2, 0) is 6.54 Å². The van der Waals surface area contributed by atoms with Crippen LogP contribution in [0.1, 0.15) is 12.1 Å². The number of aromatic nitrogens is 2. The Kier molecular flexibility index (Phi) is 3.15. The van der Waals surface area contributed by atoms with Crippen LogP contribution in [0.15, 0.2) is 22.4 Å². The molecular formula is C12H16N4OS. The van der Waals surface area contributed by atoms with E-state index in [4.69, 9.17) is 0 Å². The molecule has 0 saturated carbocycles. The number of hydrogen-bond acceptors (Lipinski definition) is 5. The van der Waals surface area contributed by atoms with E-state index in [-0.39, 0.29) is 5.56 Å². The molecule has 1 unspecified atom stereocenters. The molecule has 0 bridgehead atoms. The SMILES string of the molecule is CNC1CCN(Cc2cc(=O)n3ccsc3n2)C1. The van der Waals surface area contributed by atoms with Crippen molar-refractivity contribution in [1.29, 1.82) is 0 Å². The van der Waals surface area contributed by atoms with Gasteiger partial charge in [0.25, 0.3) is 5.56 Å². The van der Waals surface area contributed by atoms with Gasteiger partial charge in [-0.1, -0.05) is 0 Å². The Balaban J connectivity index is 1.81. The molecule has 0 radical (unpaired) electrons. The van der Waals surface area contributed by atoms with Crippen LogP contribution in [0.2, 0.25) is 0 Å². The van der Waals surface area contributed by atoms with Crippen LogP contribution in [0.25, 0.3) is 4.96 Å². The van der Waals surface area contributed by atoms with Gasteiger partial charge in [0.1, 0.15) is 0 Å². The lowest BCUT2D eigenvalue weighted by molar-refractivity contribution is 0.318. The van der Waals surface area contributed by atoms with E-state index >= 15 is 0 Å². The van der Waals surface area contributed by atoms with Crippen LogP contribution in [0, 0.1) is 0 Å². The summed E-state index contributed by atoms with van der Waals surface area (Å²) in [6.45, 7) is 2.86. The van der Waals surface area contributed by atoms with Gasteiger partial charge in [0.15, 0.2) is 4.96 Å². The monoisotopic (exact) mass is 264 g/mol. The molecule has 1 N–H and O–H groups in total. The maximum Gasteiger partial charge on any atom is 0.258 e. The second-order valence-corrected chi connectivity index (χ2v) is 5.52. The molecule has 0 amide bonds. The fourth-order valence-electron chi connectivity index (χ4n) is 2.41. The molecule has 1 fully saturated rings. The summed E-state index contributed by atoms with van der Waals surface area (Å²) in [6.07, 6.45) is 2.93. The van der Waals surface area contributed by atoms with Crippen LogP contribution in [-0.4, -0.2) is 40.5 Å². The molecule has 1 aliphatic rings. The Bertz CT molecular complexity index is 605. The summed E-state index contributed by atoms with van der Waals surface area (Å²) < 4.78 is 1.59. The van der Waals surface area contributed by atoms with Crippen molar-refractivity contribution in [3.05, 3.63) is 33.7 Å². The first-order valence-electron chi connectivity index (χ1n) is 6.11. The lowest BCUT2D eigenvalue weighted by Gasteiger charge is -2.15. The minimum Gasteiger partial charge on any atom is -0.316 e. The maximum absolute atomic E-state index is 11.9. The van der Waals surface area contributed by atoms with Gasteiger partial charge >= 0.3 is 0 Å². The van der Waals surface area contributed by atoms with Crippen molar-refractivity contribution in [3.63, 3.8) is 0 Å². The van der Waals surface area contributed by atoms with Gasteiger partial charge in [0.05, 0.1) is 5.69 Å². The number of hydrogen-bond donors (Lipinski definition) is 1. The smallest absolute Gasteiger partial charge is 0.258 e. The molecule has 6 heteroatoms. The fourth-order valence-corrected chi connectivity index (χ4v) is 3.15. The highest BCUT2D eigenvalue weighted by Crippen LogP contribution is 2.13. The molecule has 2 aromatic rings. The fraction of sp³-hybridized carbons (Fsp3) is 0.500. The molecule has 0 spiro atoms. The van der Waals surface area contributed by atoms with Gasteiger partial charge < -0.3 is 5.32 Å². The van der Waals surface area contributed by atoms with E-state index in [2.05, 4.69) is 15.2 Å². The van der Waals surface area contributed by atoms with Gasteiger partial charge in [-0.2, -0.15) is 0 Å². The van der Waals surface area contributed by atoms with Crippen molar-refractivity contribution < 1.29 is 0 Å². The zero-order valence-corrected chi connectivity index (χ0v) is 11.1. The summed E-state index contributed by atoms with van der Waals surface area (Å²) in [6, 6.07) is 2.21. The van der Waals surface area contributed by atoms with Crippen LogP contribution in [0.3, 0.4) is 0 Å². The van der Waals surface area contributed by atoms with Crippen molar-refractivity contribution in [1.82, 2.24) is 19.6 Å². The van der Waals surface area contributed by atoms with E-state index in [1.165, 1.54) is 11.3 Å². The van der Waals surface area contributed by atoms with Gasteiger partial charge in [0.2, 0.25) is 0 Å². The summed E-state index contributed by atoms with van der Waals surface area (Å²) in [5.74, 6) is 0. The second kappa shape index (κ2) is 4.79. The van der Waals surface area contributed by atoms with Crippen LogP contribution >= 0.6 is 11.3 Å². The van der Waals surface area contributed by atoms with Gasteiger partial charge in [-0.15, -0.1) is 11.3 Å². The molecular weight excluding hydrogens is 248 g/mol. The Morgan fingerprint density at radius 3 is 3.28 bits per heavy atom. The highest BCUT2D eigenvalue weighted by atomic mass is 32.1. The topological polar surface area (TPSA) is 49.6 Å². The molecule has 1 atom stereocenters. The zero-order valence-electron chi connectivity index (χ0n) is 10.3. The molecule has 5 nitrogen and oxygen atoms in total. The number of likely N-dealkylation sites (tertiary alicyclic amines) is 1. The molecule has 0 aromatic carbocycles. The summed E-state index contributed by atoms with van der Waals surface area (Å²) in [7, 11) is 2.00. The average Bonchev–Trinajstić information content (AvgIpc) is 2.97. The lowest BCUT2D eigenvalue weighted by atomic mass is 10.3. The third-order valence-corrected chi connectivity index (χ3v) is 4.18. The molecule has 0 aliphatic carbocycles. The van der Waals surface area contributed by atoms with E-state index < -0.39 is 0 Å². The van der Waals surface area contributed by atoms with E-state index in [0.29, 0.717) is 6.04 Å². The summed E-state index contributed by atoms with van der Waals surface area (Å²) >= 11 is 1.50. The van der Waals surface area contributed by atoms with Crippen LogP contribution in [0.5, 0.6) is 0 Å². The molecule has 3 rings (SSSR count). The van der Waals surface area contributed by atoms with Crippen LogP contribution in [0.4, 0.5) is 0 Å². The molecule has 1 aliphatic heterocycles. The van der Waals surface area contributed by atoms with Crippen LogP contribution < -0.4 is 10.9 Å². The van der Waals surface area contributed by atoms with E-state index in [0.717, 1.165) is 36.7 Å². The summed E-state index contributed by atoms with van der Waals surface area (Å²) in [5, 5.41) is 5.18. The van der Waals surface area contributed by atoms with Gasteiger partial charge in [-0.3, -0.25) is 14.1 Å². The quantitative estimate of drug-likeness (QED) is 0.879. The van der Waals surface area contributed by atoms with Crippen molar-refractivity contribution >= 4 is 16.3 Å². The van der Waals surface area contributed by atoms with Crippen molar-refractivity contribution in [2.24, 2.45) is 0 Å². The third kappa shape index (κ3) is 2.19. The van der Waals surface area contributed by atoms with Crippen molar-refractivity contribution in [2.75, 3.05) is 20.1 Å². The number of thiazole rings is 1. The standard InChI is InChI=1S/C12H16N4OS/c1-13-9-2-3-15(7-9)8-10-6-11(17)16-4-5-18-12(16)14-10/h4-6,9,13H,2-3,7-8H2,1H3. The zero-order chi connectivity index (χ0) is 12.5. The Labute approximate surface area is 109 Å². The molecule has 18 heavy (non-hydrogen) atoms. The van der Waals surface area contributed by atoms with Gasteiger partial charge in [-0.05, 0) is 13.5 Å². The third-order valence-electron chi connectivity index (χ3n) is 3.42. The van der Waals surface area contributed by atoms with E-state index in [1.807, 2.05) is 12.4 Å². The Morgan fingerprint density at radius 2 is 2.50 bits per heavy atom. The molecule has 1 saturated heterocycles. The molecule has 96 valence electrons. The Morgan fingerprint density at radius 1 is 1.61 bits per heavy atom. The summed E-state index contributed by atoms with van der Waals surface area (Å²) in [5.41, 5.74) is 0.889. The Hall–Kier alpha value is -1.24. The first kappa shape index (κ1) is 11.8.